The molecule has 2 aliphatic rings. The lowest BCUT2D eigenvalue weighted by Gasteiger charge is -2.25. The molecule has 0 aromatic heterocycles. The van der Waals surface area contributed by atoms with E-state index in [1.54, 1.807) is 4.90 Å². The van der Waals surface area contributed by atoms with E-state index in [-0.39, 0.29) is 42.6 Å². The van der Waals surface area contributed by atoms with Crippen molar-refractivity contribution in [3.63, 3.8) is 0 Å². The molecule has 4 rings (SSSR count). The van der Waals surface area contributed by atoms with E-state index in [9.17, 15) is 19.2 Å². The molecule has 2 aromatic carbocycles. The van der Waals surface area contributed by atoms with Crippen LogP contribution >= 0.6 is 15.9 Å². The van der Waals surface area contributed by atoms with Gasteiger partial charge in [0.05, 0.1) is 6.04 Å². The van der Waals surface area contributed by atoms with Crippen molar-refractivity contribution in [1.82, 2.24) is 20.4 Å². The molecule has 4 amide bonds. The number of carbonyl (C=O) groups is 4. The Morgan fingerprint density at radius 1 is 0.973 bits per heavy atom. The second-order valence-electron chi connectivity index (χ2n) is 9.62. The monoisotopic (exact) mass is 568 g/mol. The Bertz CT molecular complexity index is 1110. The normalized spacial score (nSPS) is 19.4. The van der Waals surface area contributed by atoms with Crippen LogP contribution in [0.3, 0.4) is 0 Å². The van der Waals surface area contributed by atoms with Gasteiger partial charge in [-0.25, -0.2) is 0 Å². The Morgan fingerprint density at radius 3 is 2.43 bits per heavy atom. The van der Waals surface area contributed by atoms with E-state index in [1.807, 2.05) is 59.5 Å². The Kier molecular flexibility index (Phi) is 9.33. The second kappa shape index (κ2) is 12.9. The third-order valence-corrected chi connectivity index (χ3v) is 7.48. The van der Waals surface area contributed by atoms with Gasteiger partial charge in [-0.3, -0.25) is 19.2 Å². The highest BCUT2D eigenvalue weighted by Gasteiger charge is 2.41. The van der Waals surface area contributed by atoms with Gasteiger partial charge in [0.1, 0.15) is 6.54 Å². The van der Waals surface area contributed by atoms with E-state index in [1.165, 1.54) is 0 Å². The molecule has 0 radical (unpaired) electrons. The van der Waals surface area contributed by atoms with Crippen molar-refractivity contribution >= 4 is 39.6 Å². The van der Waals surface area contributed by atoms with Crippen molar-refractivity contribution in [2.75, 3.05) is 26.2 Å². The summed E-state index contributed by atoms with van der Waals surface area (Å²) in [5.41, 5.74) is 1.93. The van der Waals surface area contributed by atoms with Gasteiger partial charge in [-0.1, -0.05) is 58.4 Å². The fourth-order valence-electron chi connectivity index (χ4n) is 4.99. The molecule has 2 heterocycles. The van der Waals surface area contributed by atoms with Gasteiger partial charge in [0, 0.05) is 49.4 Å². The minimum absolute atomic E-state index is 0.0651. The molecule has 0 aliphatic carbocycles. The first kappa shape index (κ1) is 26.9. The predicted octanol–water partition coefficient (Wildman–Crippen LogP) is 3.17. The first-order valence-electron chi connectivity index (χ1n) is 12.8. The number of carbonyl (C=O) groups excluding carboxylic acids is 4. The summed E-state index contributed by atoms with van der Waals surface area (Å²) in [5.74, 6) is -0.916. The lowest BCUT2D eigenvalue weighted by Crippen LogP contribution is -2.41. The van der Waals surface area contributed by atoms with Crippen LogP contribution in [0.15, 0.2) is 59.1 Å². The number of nitrogens with zero attached hydrogens (tertiary/aromatic N) is 2. The SMILES string of the molecule is O=C(C[C@H]1C[C@H](c2ccc(Br)cc2)N(CC(=O)NCCCN2CCCC2=O)C1=O)NCc1ccccc1. The van der Waals surface area contributed by atoms with E-state index < -0.39 is 5.92 Å². The molecule has 2 fully saturated rings. The summed E-state index contributed by atoms with van der Waals surface area (Å²) in [7, 11) is 0. The van der Waals surface area contributed by atoms with Crippen LogP contribution in [-0.4, -0.2) is 59.6 Å². The molecular formula is C28H33BrN4O4. The minimum Gasteiger partial charge on any atom is -0.354 e. The first-order valence-corrected chi connectivity index (χ1v) is 13.6. The summed E-state index contributed by atoms with van der Waals surface area (Å²) >= 11 is 3.44. The number of benzene rings is 2. The Balaban J connectivity index is 1.33. The lowest BCUT2D eigenvalue weighted by atomic mass is 9.97. The molecule has 2 atom stereocenters. The van der Waals surface area contributed by atoms with E-state index in [2.05, 4.69) is 26.6 Å². The molecule has 0 bridgehead atoms. The Hall–Kier alpha value is -3.20. The van der Waals surface area contributed by atoms with Gasteiger partial charge in [-0.2, -0.15) is 0 Å². The average Bonchev–Trinajstić information content (AvgIpc) is 3.44. The number of halogens is 1. The van der Waals surface area contributed by atoms with Gasteiger partial charge in [0.15, 0.2) is 0 Å². The number of rotatable bonds is 11. The second-order valence-corrected chi connectivity index (χ2v) is 10.5. The van der Waals surface area contributed by atoms with Crippen LogP contribution in [0.2, 0.25) is 0 Å². The van der Waals surface area contributed by atoms with E-state index in [0.29, 0.717) is 38.9 Å². The van der Waals surface area contributed by atoms with Crippen LogP contribution in [0.4, 0.5) is 0 Å². The molecule has 0 saturated carbocycles. The van der Waals surface area contributed by atoms with Gasteiger partial charge in [-0.05, 0) is 42.5 Å². The van der Waals surface area contributed by atoms with Crippen LogP contribution in [0.5, 0.6) is 0 Å². The van der Waals surface area contributed by atoms with E-state index >= 15 is 0 Å². The van der Waals surface area contributed by atoms with Crippen LogP contribution < -0.4 is 10.6 Å². The number of hydrogen-bond donors (Lipinski definition) is 2. The third kappa shape index (κ3) is 7.41. The molecule has 2 aromatic rings. The fraction of sp³-hybridized carbons (Fsp3) is 0.429. The standard InChI is InChI=1S/C28H33BrN4O4/c29-23-11-9-21(10-12-23)24-16-22(17-25(34)31-18-20-6-2-1-3-7-20)28(37)33(24)19-26(35)30-13-5-15-32-14-4-8-27(32)36/h1-3,6-7,9-12,22,24H,4-5,8,13-19H2,(H,30,35)(H,31,34)/t22-,24-/m1/s1. The van der Waals surface area contributed by atoms with Gasteiger partial charge < -0.3 is 20.4 Å². The van der Waals surface area contributed by atoms with Crippen LogP contribution in [0, 0.1) is 5.92 Å². The van der Waals surface area contributed by atoms with Crippen molar-refractivity contribution in [3.05, 3.63) is 70.2 Å². The van der Waals surface area contributed by atoms with Crippen LogP contribution in [-0.2, 0) is 25.7 Å². The molecule has 2 saturated heterocycles. The average molecular weight is 570 g/mol. The lowest BCUT2D eigenvalue weighted by molar-refractivity contribution is -0.138. The molecule has 8 nitrogen and oxygen atoms in total. The summed E-state index contributed by atoms with van der Waals surface area (Å²) < 4.78 is 0.929. The topological polar surface area (TPSA) is 98.8 Å². The number of nitrogens with one attached hydrogen (secondary N) is 2. The molecule has 2 N–H and O–H groups in total. The summed E-state index contributed by atoms with van der Waals surface area (Å²) in [4.78, 5) is 53.9. The fourth-order valence-corrected chi connectivity index (χ4v) is 5.25. The quantitative estimate of drug-likeness (QED) is 0.407. The Morgan fingerprint density at radius 2 is 1.73 bits per heavy atom. The number of likely N-dealkylation sites (tertiary alicyclic amines) is 2. The predicted molar refractivity (Wildman–Crippen MR) is 143 cm³/mol. The van der Waals surface area contributed by atoms with Crippen molar-refractivity contribution in [1.29, 1.82) is 0 Å². The van der Waals surface area contributed by atoms with Crippen molar-refractivity contribution in [2.45, 2.75) is 44.7 Å². The molecule has 196 valence electrons. The smallest absolute Gasteiger partial charge is 0.239 e. The highest BCUT2D eigenvalue weighted by atomic mass is 79.9. The molecule has 0 spiro atoms. The van der Waals surface area contributed by atoms with Gasteiger partial charge in [-0.15, -0.1) is 0 Å². The molecule has 2 aliphatic heterocycles. The maximum atomic E-state index is 13.4. The molecule has 37 heavy (non-hydrogen) atoms. The first-order chi connectivity index (χ1) is 17.9. The van der Waals surface area contributed by atoms with Crippen LogP contribution in [0.25, 0.3) is 0 Å². The van der Waals surface area contributed by atoms with Crippen molar-refractivity contribution in [2.24, 2.45) is 5.92 Å². The summed E-state index contributed by atoms with van der Waals surface area (Å²) in [6, 6.07) is 17.1. The Labute approximate surface area is 225 Å². The molecular weight excluding hydrogens is 536 g/mol. The van der Waals surface area contributed by atoms with Gasteiger partial charge in [0.25, 0.3) is 0 Å². The van der Waals surface area contributed by atoms with Crippen LogP contribution in [0.1, 0.15) is 49.3 Å². The van der Waals surface area contributed by atoms with Crippen molar-refractivity contribution < 1.29 is 19.2 Å². The zero-order valence-corrected chi connectivity index (χ0v) is 22.4. The highest BCUT2D eigenvalue weighted by Crippen LogP contribution is 2.38. The number of hydrogen-bond acceptors (Lipinski definition) is 4. The molecule has 0 unspecified atom stereocenters. The van der Waals surface area contributed by atoms with Gasteiger partial charge in [0.2, 0.25) is 23.6 Å². The highest BCUT2D eigenvalue weighted by molar-refractivity contribution is 9.10. The van der Waals surface area contributed by atoms with Crippen molar-refractivity contribution in [3.8, 4) is 0 Å². The summed E-state index contributed by atoms with van der Waals surface area (Å²) in [6.07, 6.45) is 2.73. The summed E-state index contributed by atoms with van der Waals surface area (Å²) in [6.45, 7) is 2.20. The third-order valence-electron chi connectivity index (χ3n) is 6.95. The largest absolute Gasteiger partial charge is 0.354 e. The minimum atomic E-state index is -0.488. The maximum Gasteiger partial charge on any atom is 0.239 e. The molecule has 9 heteroatoms. The van der Waals surface area contributed by atoms with E-state index in [4.69, 9.17) is 0 Å². The number of amides is 4. The maximum absolute atomic E-state index is 13.4. The zero-order chi connectivity index (χ0) is 26.2. The zero-order valence-electron chi connectivity index (χ0n) is 20.8. The summed E-state index contributed by atoms with van der Waals surface area (Å²) in [5, 5.41) is 5.79. The van der Waals surface area contributed by atoms with Gasteiger partial charge >= 0.3 is 0 Å². The van der Waals surface area contributed by atoms with E-state index in [0.717, 1.165) is 28.6 Å².